The molecule has 0 aliphatic carbocycles. The van der Waals surface area contributed by atoms with Crippen molar-refractivity contribution in [1.29, 1.82) is 0 Å². The standard InChI is InChI=1S/C12H12N2O2S/c15-10(4-3-8-2-1-7-17-8)14-6-5-9-11(14)12(16)13-9/h1-4,7,9,11H,5-6H2,(H,13,16)/t9?,11-/m0/s1. The summed E-state index contributed by atoms with van der Waals surface area (Å²) in [5.74, 6) is -0.0916. The number of carbonyl (C=O) groups is 2. The van der Waals surface area contributed by atoms with Crippen LogP contribution in [-0.2, 0) is 9.59 Å². The highest BCUT2D eigenvalue weighted by Gasteiger charge is 2.49. The minimum absolute atomic E-state index is 0.0228. The first-order valence-electron chi connectivity index (χ1n) is 5.58. The van der Waals surface area contributed by atoms with Crippen molar-refractivity contribution in [3.8, 4) is 0 Å². The largest absolute Gasteiger partial charge is 0.349 e. The normalized spacial score (nSPS) is 26.8. The second kappa shape index (κ2) is 4.00. The van der Waals surface area contributed by atoms with Crippen molar-refractivity contribution in [2.24, 2.45) is 0 Å². The molecule has 4 nitrogen and oxygen atoms in total. The van der Waals surface area contributed by atoms with E-state index in [9.17, 15) is 9.59 Å². The molecule has 17 heavy (non-hydrogen) atoms. The quantitative estimate of drug-likeness (QED) is 0.623. The first kappa shape index (κ1) is 10.5. The summed E-state index contributed by atoms with van der Waals surface area (Å²) in [6.45, 7) is 0.668. The van der Waals surface area contributed by atoms with Crippen LogP contribution in [0.2, 0.25) is 0 Å². The zero-order valence-corrected chi connectivity index (χ0v) is 9.94. The molecule has 0 bridgehead atoms. The number of hydrogen-bond acceptors (Lipinski definition) is 3. The molecule has 2 aliphatic heterocycles. The highest BCUT2D eigenvalue weighted by molar-refractivity contribution is 7.10. The van der Waals surface area contributed by atoms with Crippen LogP contribution in [-0.4, -0.2) is 35.3 Å². The van der Waals surface area contributed by atoms with E-state index in [0.717, 1.165) is 11.3 Å². The van der Waals surface area contributed by atoms with E-state index in [1.165, 1.54) is 0 Å². The SMILES string of the molecule is O=C1NC2CCN(C(=O)C=Cc3cccs3)[C@H]12. The summed E-state index contributed by atoms with van der Waals surface area (Å²) >= 11 is 1.59. The fourth-order valence-corrected chi connectivity index (χ4v) is 2.94. The minimum atomic E-state index is -0.226. The number of nitrogens with one attached hydrogen (secondary N) is 1. The number of fused-ring (bicyclic) bond motifs is 1. The molecule has 1 unspecified atom stereocenters. The van der Waals surface area contributed by atoms with Gasteiger partial charge in [0.05, 0.1) is 6.04 Å². The van der Waals surface area contributed by atoms with Crippen LogP contribution in [0.1, 0.15) is 11.3 Å². The van der Waals surface area contributed by atoms with E-state index < -0.39 is 0 Å². The number of likely N-dealkylation sites (tertiary alicyclic amines) is 1. The molecule has 2 atom stereocenters. The van der Waals surface area contributed by atoms with Crippen molar-refractivity contribution in [3.63, 3.8) is 0 Å². The topological polar surface area (TPSA) is 49.4 Å². The molecule has 3 heterocycles. The fourth-order valence-electron chi connectivity index (χ4n) is 2.32. The minimum Gasteiger partial charge on any atom is -0.349 e. The molecule has 1 aromatic rings. The second-order valence-electron chi connectivity index (χ2n) is 4.23. The van der Waals surface area contributed by atoms with Gasteiger partial charge in [0.2, 0.25) is 11.8 Å². The molecule has 2 aliphatic rings. The summed E-state index contributed by atoms with van der Waals surface area (Å²) in [5, 5.41) is 4.77. The van der Waals surface area contributed by atoms with Crippen LogP contribution in [0.5, 0.6) is 0 Å². The summed E-state index contributed by atoms with van der Waals surface area (Å²) in [6.07, 6.45) is 4.23. The van der Waals surface area contributed by atoms with Gasteiger partial charge in [0.1, 0.15) is 6.04 Å². The molecule has 2 fully saturated rings. The van der Waals surface area contributed by atoms with Crippen LogP contribution < -0.4 is 5.32 Å². The summed E-state index contributed by atoms with van der Waals surface area (Å²) in [4.78, 5) is 26.0. The third-order valence-electron chi connectivity index (χ3n) is 3.21. The second-order valence-corrected chi connectivity index (χ2v) is 5.21. The molecule has 0 saturated carbocycles. The van der Waals surface area contributed by atoms with Gasteiger partial charge in [-0.05, 0) is 23.9 Å². The summed E-state index contributed by atoms with van der Waals surface area (Å²) in [5.41, 5.74) is 0. The van der Waals surface area contributed by atoms with Gasteiger partial charge in [-0.3, -0.25) is 9.59 Å². The van der Waals surface area contributed by atoms with Crippen LogP contribution in [0, 0.1) is 0 Å². The molecule has 2 amide bonds. The van der Waals surface area contributed by atoms with Gasteiger partial charge in [0, 0.05) is 17.5 Å². The van der Waals surface area contributed by atoms with Crippen molar-refractivity contribution in [2.45, 2.75) is 18.5 Å². The van der Waals surface area contributed by atoms with Crippen LogP contribution in [0.4, 0.5) is 0 Å². The Balaban J connectivity index is 1.69. The van der Waals surface area contributed by atoms with Crippen molar-refractivity contribution >= 4 is 29.2 Å². The number of thiophene rings is 1. The van der Waals surface area contributed by atoms with Crippen molar-refractivity contribution in [3.05, 3.63) is 28.5 Å². The van der Waals surface area contributed by atoms with E-state index in [0.29, 0.717) is 6.54 Å². The number of rotatable bonds is 2. The molecule has 0 spiro atoms. The smallest absolute Gasteiger partial charge is 0.247 e. The highest BCUT2D eigenvalue weighted by Crippen LogP contribution is 2.25. The number of hydrogen-bond donors (Lipinski definition) is 1. The molecule has 5 heteroatoms. The molecular weight excluding hydrogens is 236 g/mol. The van der Waals surface area contributed by atoms with Crippen LogP contribution in [0.15, 0.2) is 23.6 Å². The Labute approximate surface area is 103 Å². The highest BCUT2D eigenvalue weighted by atomic mass is 32.1. The lowest BCUT2D eigenvalue weighted by atomic mass is 10.0. The summed E-state index contributed by atoms with van der Waals surface area (Å²) in [6, 6.07) is 3.86. The van der Waals surface area contributed by atoms with Crippen LogP contribution in [0.25, 0.3) is 6.08 Å². The Bertz CT molecular complexity index is 481. The van der Waals surface area contributed by atoms with Gasteiger partial charge in [-0.25, -0.2) is 0 Å². The van der Waals surface area contributed by atoms with E-state index >= 15 is 0 Å². The van der Waals surface area contributed by atoms with Gasteiger partial charge in [-0.1, -0.05) is 6.07 Å². The fraction of sp³-hybridized carbons (Fsp3) is 0.333. The van der Waals surface area contributed by atoms with Gasteiger partial charge in [0.25, 0.3) is 0 Å². The molecule has 1 N–H and O–H groups in total. The molecule has 2 saturated heterocycles. The Morgan fingerprint density at radius 3 is 3.18 bits per heavy atom. The third kappa shape index (κ3) is 1.76. The van der Waals surface area contributed by atoms with Gasteiger partial charge in [-0.15, -0.1) is 11.3 Å². The van der Waals surface area contributed by atoms with Crippen molar-refractivity contribution in [2.75, 3.05) is 6.54 Å². The van der Waals surface area contributed by atoms with Crippen molar-refractivity contribution < 1.29 is 9.59 Å². The van der Waals surface area contributed by atoms with Gasteiger partial charge >= 0.3 is 0 Å². The predicted octanol–water partition coefficient (Wildman–Crippen LogP) is 0.861. The van der Waals surface area contributed by atoms with E-state index in [1.54, 1.807) is 28.4 Å². The van der Waals surface area contributed by atoms with E-state index in [-0.39, 0.29) is 23.9 Å². The predicted molar refractivity (Wildman–Crippen MR) is 65.4 cm³/mol. The number of β-lactam (4-membered cyclic amide) rings is 1. The molecule has 0 radical (unpaired) electrons. The molecule has 1 aromatic heterocycles. The summed E-state index contributed by atoms with van der Waals surface area (Å²) in [7, 11) is 0. The first-order chi connectivity index (χ1) is 8.25. The molecule has 0 aromatic carbocycles. The number of carbonyl (C=O) groups excluding carboxylic acids is 2. The van der Waals surface area contributed by atoms with Crippen LogP contribution in [0.3, 0.4) is 0 Å². The monoisotopic (exact) mass is 248 g/mol. The lowest BCUT2D eigenvalue weighted by molar-refractivity contribution is -0.141. The summed E-state index contributed by atoms with van der Waals surface area (Å²) < 4.78 is 0. The van der Waals surface area contributed by atoms with E-state index in [2.05, 4.69) is 5.32 Å². The maximum atomic E-state index is 11.9. The zero-order valence-electron chi connectivity index (χ0n) is 9.13. The van der Waals surface area contributed by atoms with E-state index in [1.807, 2.05) is 17.5 Å². The van der Waals surface area contributed by atoms with Gasteiger partial charge in [-0.2, -0.15) is 0 Å². The lowest BCUT2D eigenvalue weighted by Gasteiger charge is -2.35. The van der Waals surface area contributed by atoms with Gasteiger partial charge in [0.15, 0.2) is 0 Å². The van der Waals surface area contributed by atoms with Crippen LogP contribution >= 0.6 is 11.3 Å². The average Bonchev–Trinajstić information content (AvgIpc) is 2.91. The first-order valence-corrected chi connectivity index (χ1v) is 6.46. The maximum absolute atomic E-state index is 11.9. The average molecular weight is 248 g/mol. The molecular formula is C12H12N2O2S. The maximum Gasteiger partial charge on any atom is 0.247 e. The number of amides is 2. The Morgan fingerprint density at radius 1 is 1.59 bits per heavy atom. The molecule has 3 rings (SSSR count). The zero-order chi connectivity index (χ0) is 11.8. The third-order valence-corrected chi connectivity index (χ3v) is 4.05. The Morgan fingerprint density at radius 2 is 2.47 bits per heavy atom. The van der Waals surface area contributed by atoms with E-state index in [4.69, 9.17) is 0 Å². The number of nitrogens with zero attached hydrogens (tertiary/aromatic N) is 1. The lowest BCUT2D eigenvalue weighted by Crippen LogP contribution is -2.64. The Hall–Kier alpha value is -1.62. The van der Waals surface area contributed by atoms with Gasteiger partial charge < -0.3 is 10.2 Å². The Kier molecular flexibility index (Phi) is 2.48. The molecule has 88 valence electrons. The van der Waals surface area contributed by atoms with Crippen molar-refractivity contribution in [1.82, 2.24) is 10.2 Å².